The number of nitrogens with zero attached hydrogens (tertiary/aromatic N) is 1. The van der Waals surface area contributed by atoms with E-state index in [1.807, 2.05) is 6.92 Å². The second-order valence-corrected chi connectivity index (χ2v) is 8.58. The molecule has 9 heteroatoms. The summed E-state index contributed by atoms with van der Waals surface area (Å²) in [6, 6.07) is 11.8. The van der Waals surface area contributed by atoms with Gasteiger partial charge in [-0.2, -0.15) is 0 Å². The highest BCUT2D eigenvalue weighted by Gasteiger charge is 2.18. The Kier molecular flexibility index (Phi) is 8.16. The summed E-state index contributed by atoms with van der Waals surface area (Å²) in [7, 11) is -1.97. The molecule has 0 saturated heterocycles. The Bertz CT molecular complexity index is 932. The molecule has 2 aromatic carbocycles. The number of carbonyl (C=O) groups excluding carboxylic acids is 1. The van der Waals surface area contributed by atoms with Crippen molar-refractivity contribution in [2.75, 3.05) is 36.1 Å². The van der Waals surface area contributed by atoms with Gasteiger partial charge in [0.15, 0.2) is 0 Å². The van der Waals surface area contributed by atoms with Crippen molar-refractivity contribution < 1.29 is 22.7 Å². The van der Waals surface area contributed by atoms with E-state index in [1.54, 1.807) is 42.5 Å². The predicted octanol–water partition coefficient (Wildman–Crippen LogP) is 3.93. The average Bonchev–Trinajstić information content (AvgIpc) is 2.65. The van der Waals surface area contributed by atoms with Crippen molar-refractivity contribution in [1.82, 2.24) is 0 Å². The first-order chi connectivity index (χ1) is 13.7. The zero-order valence-electron chi connectivity index (χ0n) is 16.6. The van der Waals surface area contributed by atoms with Crippen LogP contribution in [0, 0.1) is 0 Å². The number of sulfonamides is 1. The molecule has 0 fully saturated rings. The SMILES string of the molecule is CCOc1ccc(N(CCCC(=O)Nc2ccc(OC)c(Cl)c2)S(C)(=O)=O)cc1. The van der Waals surface area contributed by atoms with Crippen molar-refractivity contribution in [2.45, 2.75) is 19.8 Å². The molecule has 2 rings (SSSR count). The minimum absolute atomic E-state index is 0.159. The van der Waals surface area contributed by atoms with E-state index in [2.05, 4.69) is 5.32 Å². The molecule has 0 radical (unpaired) electrons. The second-order valence-electron chi connectivity index (χ2n) is 6.26. The molecular weight excluding hydrogens is 416 g/mol. The Labute approximate surface area is 176 Å². The molecular formula is C20H25ClN2O5S. The van der Waals surface area contributed by atoms with Gasteiger partial charge in [0.25, 0.3) is 0 Å². The lowest BCUT2D eigenvalue weighted by Crippen LogP contribution is -2.31. The largest absolute Gasteiger partial charge is 0.495 e. The van der Waals surface area contributed by atoms with E-state index >= 15 is 0 Å². The van der Waals surface area contributed by atoms with E-state index in [1.165, 1.54) is 11.4 Å². The van der Waals surface area contributed by atoms with Crippen LogP contribution in [0.1, 0.15) is 19.8 Å². The Balaban J connectivity index is 1.95. The maximum Gasteiger partial charge on any atom is 0.232 e. The summed E-state index contributed by atoms with van der Waals surface area (Å²) in [5.74, 6) is 0.956. The van der Waals surface area contributed by atoms with Crippen LogP contribution in [0.2, 0.25) is 5.02 Å². The van der Waals surface area contributed by atoms with Gasteiger partial charge in [-0.15, -0.1) is 0 Å². The quantitative estimate of drug-likeness (QED) is 0.605. The van der Waals surface area contributed by atoms with Crippen molar-refractivity contribution in [1.29, 1.82) is 0 Å². The van der Waals surface area contributed by atoms with Crippen LogP contribution in [0.5, 0.6) is 11.5 Å². The highest BCUT2D eigenvalue weighted by molar-refractivity contribution is 7.92. The lowest BCUT2D eigenvalue weighted by molar-refractivity contribution is -0.116. The van der Waals surface area contributed by atoms with Gasteiger partial charge in [0.05, 0.1) is 30.7 Å². The van der Waals surface area contributed by atoms with Crippen LogP contribution in [0.3, 0.4) is 0 Å². The van der Waals surface area contributed by atoms with Gasteiger partial charge in [-0.1, -0.05) is 11.6 Å². The monoisotopic (exact) mass is 440 g/mol. The van der Waals surface area contributed by atoms with Gasteiger partial charge >= 0.3 is 0 Å². The van der Waals surface area contributed by atoms with E-state index in [4.69, 9.17) is 21.1 Å². The lowest BCUT2D eigenvalue weighted by Gasteiger charge is -2.22. The Morgan fingerprint density at radius 3 is 2.41 bits per heavy atom. The molecule has 2 aromatic rings. The van der Waals surface area contributed by atoms with Crippen LogP contribution in [0.4, 0.5) is 11.4 Å². The lowest BCUT2D eigenvalue weighted by atomic mass is 10.2. The van der Waals surface area contributed by atoms with Crippen LogP contribution in [-0.2, 0) is 14.8 Å². The standard InChI is InChI=1S/C20H25ClN2O5S/c1-4-28-17-10-8-16(9-11-17)23(29(3,25)26)13-5-6-20(24)22-15-7-12-19(27-2)18(21)14-15/h7-12,14H,4-6,13H2,1-3H3,(H,22,24). The summed E-state index contributed by atoms with van der Waals surface area (Å²) < 4.78 is 36.1. The molecule has 0 heterocycles. The van der Waals surface area contributed by atoms with Gasteiger partial charge in [0, 0.05) is 18.7 Å². The number of halogens is 1. The number of amides is 1. The maximum atomic E-state index is 12.2. The summed E-state index contributed by atoms with van der Waals surface area (Å²) >= 11 is 6.05. The number of anilines is 2. The van der Waals surface area contributed by atoms with Crippen LogP contribution < -0.4 is 19.1 Å². The van der Waals surface area contributed by atoms with E-state index in [-0.39, 0.29) is 18.9 Å². The molecule has 0 bridgehead atoms. The number of rotatable bonds is 10. The van der Waals surface area contributed by atoms with Crippen molar-refractivity contribution in [3.63, 3.8) is 0 Å². The summed E-state index contributed by atoms with van der Waals surface area (Å²) in [5, 5.41) is 3.14. The van der Waals surface area contributed by atoms with Crippen molar-refractivity contribution in [3.8, 4) is 11.5 Å². The molecule has 0 aliphatic rings. The third kappa shape index (κ3) is 6.83. The van der Waals surface area contributed by atoms with Gasteiger partial charge in [0.2, 0.25) is 15.9 Å². The first-order valence-corrected chi connectivity index (χ1v) is 11.3. The molecule has 0 atom stereocenters. The molecule has 29 heavy (non-hydrogen) atoms. The molecule has 7 nitrogen and oxygen atoms in total. The third-order valence-electron chi connectivity index (χ3n) is 4.04. The first-order valence-electron chi connectivity index (χ1n) is 9.08. The number of nitrogens with one attached hydrogen (secondary N) is 1. The highest BCUT2D eigenvalue weighted by atomic mass is 35.5. The van der Waals surface area contributed by atoms with Crippen molar-refractivity contribution >= 4 is 38.9 Å². The van der Waals surface area contributed by atoms with Gasteiger partial charge in [-0.05, 0) is 55.8 Å². The molecule has 1 amide bonds. The Morgan fingerprint density at radius 2 is 1.86 bits per heavy atom. The predicted molar refractivity (Wildman–Crippen MR) is 116 cm³/mol. The second kappa shape index (κ2) is 10.4. The fourth-order valence-corrected chi connectivity index (χ4v) is 3.94. The third-order valence-corrected chi connectivity index (χ3v) is 5.53. The van der Waals surface area contributed by atoms with E-state index in [0.717, 1.165) is 6.26 Å². The summed E-state index contributed by atoms with van der Waals surface area (Å²) in [6.07, 6.45) is 1.66. The molecule has 0 aliphatic carbocycles. The number of ether oxygens (including phenoxy) is 2. The fraction of sp³-hybridized carbons (Fsp3) is 0.350. The van der Waals surface area contributed by atoms with Crippen LogP contribution >= 0.6 is 11.6 Å². The fourth-order valence-electron chi connectivity index (χ4n) is 2.71. The average molecular weight is 441 g/mol. The number of hydrogen-bond donors (Lipinski definition) is 1. The minimum atomic E-state index is -3.48. The van der Waals surface area contributed by atoms with Crippen LogP contribution in [-0.4, -0.2) is 40.8 Å². The Morgan fingerprint density at radius 1 is 1.17 bits per heavy atom. The summed E-state index contributed by atoms with van der Waals surface area (Å²) in [4.78, 5) is 12.2. The molecule has 1 N–H and O–H groups in total. The van der Waals surface area contributed by atoms with Crippen molar-refractivity contribution in [2.24, 2.45) is 0 Å². The Hall–Kier alpha value is -2.45. The topological polar surface area (TPSA) is 84.9 Å². The van der Waals surface area contributed by atoms with Gasteiger partial charge in [-0.25, -0.2) is 8.42 Å². The highest BCUT2D eigenvalue weighted by Crippen LogP contribution is 2.27. The summed E-state index contributed by atoms with van der Waals surface area (Å²) in [6.45, 7) is 2.59. The first kappa shape index (κ1) is 22.8. The number of methoxy groups -OCH3 is 1. The molecule has 0 aliphatic heterocycles. The van der Waals surface area contributed by atoms with E-state index < -0.39 is 10.0 Å². The van der Waals surface area contributed by atoms with Crippen molar-refractivity contribution in [3.05, 3.63) is 47.5 Å². The van der Waals surface area contributed by atoms with E-state index in [0.29, 0.717) is 40.9 Å². The van der Waals surface area contributed by atoms with Crippen LogP contribution in [0.15, 0.2) is 42.5 Å². The number of carbonyl (C=O) groups is 1. The van der Waals surface area contributed by atoms with Gasteiger partial charge in [-0.3, -0.25) is 9.10 Å². The zero-order valence-corrected chi connectivity index (χ0v) is 18.2. The molecule has 0 unspecified atom stereocenters. The summed E-state index contributed by atoms with van der Waals surface area (Å²) in [5.41, 5.74) is 1.07. The molecule has 0 spiro atoms. The molecule has 0 saturated carbocycles. The van der Waals surface area contributed by atoms with Gasteiger partial charge < -0.3 is 14.8 Å². The number of benzene rings is 2. The zero-order chi connectivity index (χ0) is 21.4. The van der Waals surface area contributed by atoms with E-state index in [9.17, 15) is 13.2 Å². The molecule has 158 valence electrons. The van der Waals surface area contributed by atoms with Crippen LogP contribution in [0.25, 0.3) is 0 Å². The number of hydrogen-bond acceptors (Lipinski definition) is 5. The van der Waals surface area contributed by atoms with Gasteiger partial charge in [0.1, 0.15) is 11.5 Å². The minimum Gasteiger partial charge on any atom is -0.495 e. The normalized spacial score (nSPS) is 11.0. The smallest absolute Gasteiger partial charge is 0.232 e. The maximum absolute atomic E-state index is 12.2. The molecule has 0 aromatic heterocycles.